The first-order valence-corrected chi connectivity index (χ1v) is 9.32. The quantitative estimate of drug-likeness (QED) is 0.528. The molecule has 0 bridgehead atoms. The zero-order valence-electron chi connectivity index (χ0n) is 15.4. The van der Waals surface area contributed by atoms with Crippen LogP contribution in [-0.2, 0) is 6.42 Å². The molecule has 1 amide bonds. The molecule has 1 N–H and O–H groups in total. The number of halogens is 1. The maximum Gasteiger partial charge on any atom is 0.291 e. The van der Waals surface area contributed by atoms with E-state index in [2.05, 4.69) is 12.2 Å². The van der Waals surface area contributed by atoms with E-state index in [4.69, 9.17) is 20.8 Å². The Morgan fingerprint density at radius 1 is 1.11 bits per heavy atom. The van der Waals surface area contributed by atoms with Crippen LogP contribution in [0.25, 0.3) is 11.3 Å². The molecule has 0 fully saturated rings. The number of hydrogen-bond acceptors (Lipinski definition) is 3. The Labute approximate surface area is 164 Å². The minimum Gasteiger partial charge on any atom is -0.495 e. The van der Waals surface area contributed by atoms with E-state index in [0.29, 0.717) is 16.5 Å². The van der Waals surface area contributed by atoms with Gasteiger partial charge < -0.3 is 14.5 Å². The smallest absolute Gasteiger partial charge is 0.291 e. The minimum absolute atomic E-state index is 0.243. The van der Waals surface area contributed by atoms with Crippen molar-refractivity contribution in [2.75, 3.05) is 12.4 Å². The summed E-state index contributed by atoms with van der Waals surface area (Å²) >= 11 is 6.15. The Kier molecular flexibility index (Phi) is 6.20. The number of anilines is 1. The number of ether oxygens (including phenoxy) is 1. The van der Waals surface area contributed by atoms with Crippen molar-refractivity contribution in [2.45, 2.75) is 26.2 Å². The van der Waals surface area contributed by atoms with Crippen molar-refractivity contribution in [1.29, 1.82) is 0 Å². The molecule has 5 heteroatoms. The van der Waals surface area contributed by atoms with Crippen molar-refractivity contribution in [1.82, 2.24) is 0 Å². The molecular weight excluding hydrogens is 362 g/mol. The van der Waals surface area contributed by atoms with Crippen LogP contribution in [0.1, 0.15) is 35.9 Å². The third-order valence-electron chi connectivity index (χ3n) is 4.30. The van der Waals surface area contributed by atoms with Crippen LogP contribution in [0.5, 0.6) is 5.75 Å². The first-order valence-electron chi connectivity index (χ1n) is 8.94. The van der Waals surface area contributed by atoms with Gasteiger partial charge in [-0.2, -0.15) is 0 Å². The standard InChI is InChI=1S/C22H22ClNO3/c1-3-4-5-15-6-9-17(10-7-15)24-22(25)21-13-12-19(27-21)16-8-11-20(26-2)18(23)14-16/h6-14H,3-5H2,1-2H3,(H,24,25). The van der Waals surface area contributed by atoms with Gasteiger partial charge in [-0.1, -0.05) is 37.1 Å². The van der Waals surface area contributed by atoms with Gasteiger partial charge in [0.1, 0.15) is 11.5 Å². The third kappa shape index (κ3) is 4.72. The number of nitrogens with one attached hydrogen (secondary N) is 1. The van der Waals surface area contributed by atoms with Gasteiger partial charge in [0.05, 0.1) is 12.1 Å². The fraction of sp³-hybridized carbons (Fsp3) is 0.227. The lowest BCUT2D eigenvalue weighted by molar-refractivity contribution is 0.0997. The molecule has 27 heavy (non-hydrogen) atoms. The second kappa shape index (κ2) is 8.78. The normalized spacial score (nSPS) is 10.6. The number of hydrogen-bond donors (Lipinski definition) is 1. The van der Waals surface area contributed by atoms with Gasteiger partial charge in [-0.25, -0.2) is 0 Å². The summed E-state index contributed by atoms with van der Waals surface area (Å²) in [5.74, 6) is 1.11. The molecule has 0 saturated carbocycles. The largest absolute Gasteiger partial charge is 0.495 e. The number of amides is 1. The number of furan rings is 1. The molecule has 0 saturated heterocycles. The van der Waals surface area contributed by atoms with Gasteiger partial charge in [0.25, 0.3) is 5.91 Å². The van der Waals surface area contributed by atoms with Gasteiger partial charge >= 0.3 is 0 Å². The number of benzene rings is 2. The van der Waals surface area contributed by atoms with Gasteiger partial charge in [-0.3, -0.25) is 4.79 Å². The Morgan fingerprint density at radius 3 is 2.56 bits per heavy atom. The number of unbranched alkanes of at least 4 members (excludes halogenated alkanes) is 1. The van der Waals surface area contributed by atoms with Crippen molar-refractivity contribution in [3.8, 4) is 17.1 Å². The lowest BCUT2D eigenvalue weighted by Gasteiger charge is -2.06. The molecule has 0 unspecified atom stereocenters. The van der Waals surface area contributed by atoms with Crippen molar-refractivity contribution in [3.63, 3.8) is 0 Å². The highest BCUT2D eigenvalue weighted by atomic mass is 35.5. The molecule has 0 atom stereocenters. The van der Waals surface area contributed by atoms with Crippen molar-refractivity contribution in [2.24, 2.45) is 0 Å². The fourth-order valence-electron chi connectivity index (χ4n) is 2.76. The summed E-state index contributed by atoms with van der Waals surface area (Å²) in [4.78, 5) is 12.4. The minimum atomic E-state index is -0.290. The summed E-state index contributed by atoms with van der Waals surface area (Å²) < 4.78 is 10.8. The predicted octanol–water partition coefficient (Wildman–Crippen LogP) is 6.20. The number of carbonyl (C=O) groups is 1. The van der Waals surface area contributed by atoms with E-state index in [0.717, 1.165) is 24.1 Å². The van der Waals surface area contributed by atoms with E-state index in [-0.39, 0.29) is 11.7 Å². The highest BCUT2D eigenvalue weighted by Crippen LogP contribution is 2.31. The van der Waals surface area contributed by atoms with E-state index < -0.39 is 0 Å². The highest BCUT2D eigenvalue weighted by molar-refractivity contribution is 6.32. The predicted molar refractivity (Wildman–Crippen MR) is 109 cm³/mol. The Bertz CT molecular complexity index is 916. The Balaban J connectivity index is 1.68. The number of methoxy groups -OCH3 is 1. The van der Waals surface area contributed by atoms with Crippen LogP contribution >= 0.6 is 11.6 Å². The molecule has 0 spiro atoms. The van der Waals surface area contributed by atoms with E-state index in [9.17, 15) is 4.79 Å². The van der Waals surface area contributed by atoms with Crippen LogP contribution in [0, 0.1) is 0 Å². The van der Waals surface area contributed by atoms with E-state index in [1.54, 1.807) is 31.4 Å². The first kappa shape index (κ1) is 19.1. The van der Waals surface area contributed by atoms with Crippen LogP contribution in [-0.4, -0.2) is 13.0 Å². The molecule has 2 aromatic carbocycles. The summed E-state index contributed by atoms with van der Waals surface area (Å²) in [5, 5.41) is 3.34. The van der Waals surface area contributed by atoms with Crippen LogP contribution in [0.15, 0.2) is 59.0 Å². The van der Waals surface area contributed by atoms with Crippen molar-refractivity contribution >= 4 is 23.2 Å². The van der Waals surface area contributed by atoms with Crippen LogP contribution in [0.2, 0.25) is 5.02 Å². The van der Waals surface area contributed by atoms with Gasteiger partial charge in [0.15, 0.2) is 5.76 Å². The monoisotopic (exact) mass is 383 g/mol. The van der Waals surface area contributed by atoms with Gasteiger partial charge in [0.2, 0.25) is 0 Å². The molecule has 1 heterocycles. The van der Waals surface area contributed by atoms with E-state index in [1.807, 2.05) is 30.3 Å². The molecule has 1 aromatic heterocycles. The maximum atomic E-state index is 12.4. The average Bonchev–Trinajstić information content (AvgIpc) is 3.18. The highest BCUT2D eigenvalue weighted by Gasteiger charge is 2.13. The Morgan fingerprint density at radius 2 is 1.89 bits per heavy atom. The molecule has 0 radical (unpaired) electrons. The zero-order chi connectivity index (χ0) is 19.2. The van der Waals surface area contributed by atoms with Gasteiger partial charge in [0, 0.05) is 11.3 Å². The second-order valence-corrected chi connectivity index (χ2v) is 6.68. The summed E-state index contributed by atoms with van der Waals surface area (Å²) in [7, 11) is 1.56. The molecule has 3 aromatic rings. The number of aryl methyl sites for hydroxylation is 1. The average molecular weight is 384 g/mol. The number of carbonyl (C=O) groups excluding carboxylic acids is 1. The molecule has 3 rings (SSSR count). The SMILES string of the molecule is CCCCc1ccc(NC(=O)c2ccc(-c3ccc(OC)c(Cl)c3)o2)cc1. The van der Waals surface area contributed by atoms with Gasteiger partial charge in [-0.05, 0) is 60.9 Å². The molecule has 140 valence electrons. The van der Waals surface area contributed by atoms with Crippen LogP contribution in [0.3, 0.4) is 0 Å². The summed E-state index contributed by atoms with van der Waals surface area (Å²) in [6, 6.07) is 16.7. The summed E-state index contributed by atoms with van der Waals surface area (Å²) in [5.41, 5.74) is 2.79. The Hall–Kier alpha value is -2.72. The lowest BCUT2D eigenvalue weighted by Crippen LogP contribution is -2.10. The molecule has 4 nitrogen and oxygen atoms in total. The first-order chi connectivity index (χ1) is 13.1. The number of rotatable bonds is 7. The van der Waals surface area contributed by atoms with Crippen molar-refractivity contribution < 1.29 is 13.9 Å². The maximum absolute atomic E-state index is 12.4. The van der Waals surface area contributed by atoms with E-state index in [1.165, 1.54) is 12.0 Å². The molecule has 0 aliphatic rings. The lowest BCUT2D eigenvalue weighted by atomic mass is 10.1. The second-order valence-electron chi connectivity index (χ2n) is 6.27. The topological polar surface area (TPSA) is 51.5 Å². The van der Waals surface area contributed by atoms with Crippen LogP contribution in [0.4, 0.5) is 5.69 Å². The molecule has 0 aliphatic heterocycles. The summed E-state index contributed by atoms with van der Waals surface area (Å²) in [6.45, 7) is 2.17. The summed E-state index contributed by atoms with van der Waals surface area (Å²) in [6.07, 6.45) is 3.38. The zero-order valence-corrected chi connectivity index (χ0v) is 16.2. The molecule has 0 aliphatic carbocycles. The van der Waals surface area contributed by atoms with E-state index >= 15 is 0 Å². The third-order valence-corrected chi connectivity index (χ3v) is 4.59. The molecular formula is C22H22ClNO3. The van der Waals surface area contributed by atoms with Crippen molar-refractivity contribution in [3.05, 3.63) is 70.9 Å². The van der Waals surface area contributed by atoms with Gasteiger partial charge in [-0.15, -0.1) is 0 Å². The van der Waals surface area contributed by atoms with Crippen LogP contribution < -0.4 is 10.1 Å². The fourth-order valence-corrected chi connectivity index (χ4v) is 3.02.